The Hall–Kier alpha value is -8.33. The zero-order valence-electron chi connectivity index (χ0n) is 33.5. The summed E-state index contributed by atoms with van der Waals surface area (Å²) in [7, 11) is 0. The van der Waals surface area contributed by atoms with Crippen LogP contribution in [0.5, 0.6) is 0 Å². The summed E-state index contributed by atoms with van der Waals surface area (Å²) < 4.78 is 11.2. The van der Waals surface area contributed by atoms with Crippen molar-refractivity contribution >= 4 is 75.4 Å². The van der Waals surface area contributed by atoms with Crippen LogP contribution in [0.4, 0.5) is 0 Å². The fourth-order valence-electron chi connectivity index (χ4n) is 9.05. The third-order valence-corrected chi connectivity index (χ3v) is 13.1. The summed E-state index contributed by atoms with van der Waals surface area (Å²) in [4.78, 5) is 26.4. The number of nitrogens with zero attached hydrogens (tertiary/aromatic N) is 6. The molecule has 63 heavy (non-hydrogen) atoms. The number of rotatable bonds is 6. The van der Waals surface area contributed by atoms with Gasteiger partial charge in [0.1, 0.15) is 11.2 Å². The maximum Gasteiger partial charge on any atom is 0.164 e. The van der Waals surface area contributed by atoms with E-state index in [1.54, 1.807) is 11.3 Å². The highest BCUT2D eigenvalue weighted by molar-refractivity contribution is 7.26. The average molecular weight is 825 g/mol. The van der Waals surface area contributed by atoms with Gasteiger partial charge in [0.05, 0.1) is 26.9 Å². The lowest BCUT2D eigenvalue weighted by atomic mass is 10.0. The Morgan fingerprint density at radius 3 is 1.70 bits per heavy atom. The highest BCUT2D eigenvalue weighted by Crippen LogP contribution is 2.44. The molecule has 0 aliphatic rings. The van der Waals surface area contributed by atoms with Gasteiger partial charge in [0.2, 0.25) is 0 Å². The number of aromatic nitrogens is 6. The van der Waals surface area contributed by atoms with Crippen LogP contribution < -0.4 is 0 Å². The van der Waals surface area contributed by atoms with Gasteiger partial charge in [0, 0.05) is 65.1 Å². The van der Waals surface area contributed by atoms with E-state index in [-0.39, 0.29) is 0 Å². The highest BCUT2D eigenvalue weighted by atomic mass is 32.1. The number of fused-ring (bicyclic) bond motifs is 9. The van der Waals surface area contributed by atoms with Crippen molar-refractivity contribution in [2.24, 2.45) is 0 Å². The van der Waals surface area contributed by atoms with Crippen LogP contribution in [0.3, 0.4) is 0 Å². The zero-order chi connectivity index (χ0) is 41.4. The fraction of sp³-hybridized carbons (Fsp3) is 0. The van der Waals surface area contributed by atoms with Gasteiger partial charge in [0.15, 0.2) is 23.3 Å². The second kappa shape index (κ2) is 14.1. The predicted octanol–water partition coefficient (Wildman–Crippen LogP) is 14.4. The molecule has 0 aliphatic carbocycles. The molecule has 0 spiro atoms. The summed E-state index contributed by atoms with van der Waals surface area (Å²) in [6.45, 7) is 0. The lowest BCUT2D eigenvalue weighted by Gasteiger charge is -2.11. The summed E-state index contributed by atoms with van der Waals surface area (Å²) in [5, 5.41) is 5.18. The quantitative estimate of drug-likeness (QED) is 0.166. The van der Waals surface area contributed by atoms with E-state index in [2.05, 4.69) is 132 Å². The van der Waals surface area contributed by atoms with E-state index < -0.39 is 0 Å². The number of thiophene rings is 1. The largest absolute Gasteiger partial charge is 0.456 e. The molecule has 0 aliphatic heterocycles. The molecule has 7 nitrogen and oxygen atoms in total. The van der Waals surface area contributed by atoms with Gasteiger partial charge in [0.25, 0.3) is 0 Å². The Balaban J connectivity index is 1.05. The summed E-state index contributed by atoms with van der Waals surface area (Å²) in [6.07, 6.45) is 0. The van der Waals surface area contributed by atoms with Crippen LogP contribution in [0.25, 0.3) is 127 Å². The molecule has 8 heteroatoms. The second-order valence-corrected chi connectivity index (χ2v) is 16.6. The lowest BCUT2D eigenvalue weighted by Crippen LogP contribution is -2.00. The first-order valence-electron chi connectivity index (χ1n) is 20.8. The van der Waals surface area contributed by atoms with Crippen molar-refractivity contribution in [3.05, 3.63) is 194 Å². The monoisotopic (exact) mass is 824 g/mol. The van der Waals surface area contributed by atoms with Gasteiger partial charge >= 0.3 is 0 Å². The molecule has 0 saturated carbocycles. The van der Waals surface area contributed by atoms with Crippen LogP contribution in [0, 0.1) is 0 Å². The van der Waals surface area contributed by atoms with Crippen molar-refractivity contribution < 1.29 is 4.42 Å². The Morgan fingerprint density at radius 2 is 0.968 bits per heavy atom. The SMILES string of the molecule is c1ccc(-c2nc(-c3ccc4c(c3)c3ccccc3n4-c3ccccc3)nc(-c3cccc4oc5cccc(-c6nc(-c7ccccc7)c7sc8ccccc8c7n6)c5c34)n2)cc1. The molecule has 0 bridgehead atoms. The first-order chi connectivity index (χ1) is 31.2. The van der Waals surface area contributed by atoms with Gasteiger partial charge in [-0.25, -0.2) is 24.9 Å². The Kier molecular flexibility index (Phi) is 7.94. The summed E-state index contributed by atoms with van der Waals surface area (Å²) in [5.41, 5.74) is 11.2. The van der Waals surface area contributed by atoms with E-state index in [1.165, 1.54) is 4.70 Å². The van der Waals surface area contributed by atoms with E-state index in [4.69, 9.17) is 29.3 Å². The van der Waals surface area contributed by atoms with Gasteiger partial charge in [-0.1, -0.05) is 140 Å². The van der Waals surface area contributed by atoms with Crippen LogP contribution in [0.15, 0.2) is 199 Å². The maximum absolute atomic E-state index is 6.66. The fourth-order valence-corrected chi connectivity index (χ4v) is 10.2. The van der Waals surface area contributed by atoms with Crippen molar-refractivity contribution in [1.82, 2.24) is 29.5 Å². The summed E-state index contributed by atoms with van der Waals surface area (Å²) >= 11 is 1.73. The second-order valence-electron chi connectivity index (χ2n) is 15.6. The normalized spacial score (nSPS) is 11.8. The standard InChI is InChI=1S/C55H32N6OS/c1-4-16-33(17-5-1)49-51-50(38-23-11-13-29-46(38)63-51)57-54(56-49)39-24-14-27-44-47(39)48-40(25-15-28-45(48)62-44)55-59-52(34-18-6-2-7-19-34)58-53(60-55)35-30-31-43-41(32-35)37-22-10-12-26-42(37)61(43)36-20-8-3-9-21-36/h1-32H. The van der Waals surface area contributed by atoms with E-state index in [0.29, 0.717) is 23.3 Å². The van der Waals surface area contributed by atoms with E-state index in [0.717, 1.165) is 98.5 Å². The van der Waals surface area contributed by atoms with Crippen LogP contribution in [-0.2, 0) is 0 Å². The molecule has 13 aromatic rings. The van der Waals surface area contributed by atoms with Crippen LogP contribution in [0.1, 0.15) is 0 Å². The minimum atomic E-state index is 0.541. The zero-order valence-corrected chi connectivity index (χ0v) is 34.3. The van der Waals surface area contributed by atoms with Crippen molar-refractivity contribution in [2.45, 2.75) is 0 Å². The third-order valence-electron chi connectivity index (χ3n) is 11.9. The van der Waals surface area contributed by atoms with Crippen LogP contribution in [-0.4, -0.2) is 29.5 Å². The predicted molar refractivity (Wildman–Crippen MR) is 257 cm³/mol. The Bertz CT molecular complexity index is 3910. The highest BCUT2D eigenvalue weighted by Gasteiger charge is 2.23. The molecule has 5 aromatic heterocycles. The minimum Gasteiger partial charge on any atom is -0.456 e. The first kappa shape index (κ1) is 35.4. The number of hydrogen-bond acceptors (Lipinski definition) is 7. The van der Waals surface area contributed by atoms with Crippen molar-refractivity contribution in [3.8, 4) is 62.5 Å². The van der Waals surface area contributed by atoms with Crippen LogP contribution >= 0.6 is 11.3 Å². The molecule has 5 heterocycles. The smallest absolute Gasteiger partial charge is 0.164 e. The number of hydrogen-bond donors (Lipinski definition) is 0. The van der Waals surface area contributed by atoms with Gasteiger partial charge in [-0.2, -0.15) is 0 Å². The Morgan fingerprint density at radius 1 is 0.397 bits per heavy atom. The molecule has 0 atom stereocenters. The lowest BCUT2D eigenvalue weighted by molar-refractivity contribution is 0.669. The Labute approximate surface area is 364 Å². The molecule has 0 unspecified atom stereocenters. The average Bonchev–Trinajstić information content (AvgIpc) is 4.04. The third kappa shape index (κ3) is 5.69. The van der Waals surface area contributed by atoms with Crippen molar-refractivity contribution in [3.63, 3.8) is 0 Å². The molecule has 0 saturated heterocycles. The molecule has 0 amide bonds. The minimum absolute atomic E-state index is 0.541. The van der Waals surface area contributed by atoms with Gasteiger partial charge in [-0.05, 0) is 54.6 Å². The van der Waals surface area contributed by atoms with Gasteiger partial charge < -0.3 is 8.98 Å². The first-order valence-corrected chi connectivity index (χ1v) is 21.7. The molecule has 294 valence electrons. The number of benzene rings is 8. The summed E-state index contributed by atoms with van der Waals surface area (Å²) in [5.74, 6) is 2.32. The molecule has 0 fully saturated rings. The topological polar surface area (TPSA) is 82.5 Å². The van der Waals surface area contributed by atoms with Crippen molar-refractivity contribution in [2.75, 3.05) is 0 Å². The number of furan rings is 1. The molecule has 0 radical (unpaired) electrons. The summed E-state index contributed by atoms with van der Waals surface area (Å²) in [6, 6.07) is 66.7. The van der Waals surface area contributed by atoms with E-state index >= 15 is 0 Å². The molecular formula is C55H32N6OS. The van der Waals surface area contributed by atoms with E-state index in [1.807, 2.05) is 66.7 Å². The van der Waals surface area contributed by atoms with Gasteiger partial charge in [-0.3, -0.25) is 0 Å². The van der Waals surface area contributed by atoms with Crippen LogP contribution in [0.2, 0.25) is 0 Å². The number of para-hydroxylation sites is 2. The molecule has 8 aromatic carbocycles. The maximum atomic E-state index is 6.66. The molecule has 13 rings (SSSR count). The van der Waals surface area contributed by atoms with Gasteiger partial charge in [-0.15, -0.1) is 11.3 Å². The van der Waals surface area contributed by atoms with E-state index in [9.17, 15) is 0 Å². The molecular weight excluding hydrogens is 793 g/mol. The van der Waals surface area contributed by atoms with Crippen molar-refractivity contribution in [1.29, 1.82) is 0 Å². The molecule has 0 N–H and O–H groups in total.